The molecule has 0 unspecified atom stereocenters. The third-order valence-electron chi connectivity index (χ3n) is 1.83. The summed E-state index contributed by atoms with van der Waals surface area (Å²) in [6, 6.07) is 0. The van der Waals surface area contributed by atoms with E-state index in [-0.39, 0.29) is 11.1 Å². The Hall–Kier alpha value is -0.160. The summed E-state index contributed by atoms with van der Waals surface area (Å²) in [5.41, 5.74) is 20.6. The zero-order chi connectivity index (χ0) is 10.4. The minimum absolute atomic E-state index is 0.285. The van der Waals surface area contributed by atoms with Crippen molar-refractivity contribution in [2.75, 3.05) is 13.1 Å². The lowest BCUT2D eigenvalue weighted by atomic mass is 9.85. The van der Waals surface area contributed by atoms with Crippen LogP contribution in [0.15, 0.2) is 0 Å². The Bertz CT molecular complexity index is 84.6. The second kappa shape index (κ2) is 5.48. The van der Waals surface area contributed by atoms with E-state index in [1.165, 1.54) is 0 Å². The van der Waals surface area contributed by atoms with Crippen LogP contribution in [0.25, 0.3) is 0 Å². The second-order valence-electron chi connectivity index (χ2n) is 4.02. The van der Waals surface area contributed by atoms with Crippen molar-refractivity contribution < 1.29 is 0 Å². The van der Waals surface area contributed by atoms with Gasteiger partial charge in [0.15, 0.2) is 0 Å². The highest BCUT2D eigenvalue weighted by Crippen LogP contribution is 2.13. The molecular weight excluding hydrogens is 152 g/mol. The minimum Gasteiger partial charge on any atom is -0.329 e. The van der Waals surface area contributed by atoms with Crippen LogP contribution in [0.1, 0.15) is 27.7 Å². The molecule has 0 radical (unpaired) electrons. The van der Waals surface area contributed by atoms with Crippen molar-refractivity contribution in [3.63, 3.8) is 0 Å². The Kier molecular flexibility index (Phi) is 6.56. The first-order valence-corrected chi connectivity index (χ1v) is 4.14. The number of rotatable bonds is 2. The fourth-order valence-electron chi connectivity index (χ4n) is 0. The molecule has 4 nitrogen and oxygen atoms in total. The van der Waals surface area contributed by atoms with Gasteiger partial charge in [0.1, 0.15) is 0 Å². The highest BCUT2D eigenvalue weighted by Gasteiger charge is 2.28. The lowest BCUT2D eigenvalue weighted by molar-refractivity contribution is 0.309. The molecule has 0 spiro atoms. The van der Waals surface area contributed by atoms with E-state index in [1.807, 2.05) is 27.7 Å². The van der Waals surface area contributed by atoms with Gasteiger partial charge in [0.25, 0.3) is 0 Å². The van der Waals surface area contributed by atoms with Crippen molar-refractivity contribution in [1.82, 2.24) is 0 Å². The molecule has 0 aliphatic carbocycles. The van der Waals surface area contributed by atoms with Gasteiger partial charge in [-0.3, -0.25) is 0 Å². The molecule has 8 N–H and O–H groups in total. The second-order valence-corrected chi connectivity index (χ2v) is 4.02. The fraction of sp³-hybridized carbons (Fsp3) is 1.00. The molecule has 0 bridgehead atoms. The number of hydrogen-bond donors (Lipinski definition) is 4. The van der Waals surface area contributed by atoms with Gasteiger partial charge in [-0.25, -0.2) is 0 Å². The Morgan fingerprint density at radius 1 is 0.750 bits per heavy atom. The largest absolute Gasteiger partial charge is 0.329 e. The maximum atomic E-state index is 5.69. The summed E-state index contributed by atoms with van der Waals surface area (Å²) in [6.45, 7) is 8.89. The third-order valence-corrected chi connectivity index (χ3v) is 1.83. The summed E-state index contributed by atoms with van der Waals surface area (Å²) in [5, 5.41) is 0. The third kappa shape index (κ3) is 7.94. The number of hydrogen-bond acceptors (Lipinski definition) is 4. The van der Waals surface area contributed by atoms with Crippen molar-refractivity contribution in [3.05, 3.63) is 0 Å². The standard InChI is InChI=1S/C6H16N2.C2H8N2/c1-5(2,7)6(3,4)8;3-1-2-4/h7-8H2,1-4H3;1-4H2. The van der Waals surface area contributed by atoms with Crippen molar-refractivity contribution in [2.24, 2.45) is 22.9 Å². The molecule has 0 heterocycles. The van der Waals surface area contributed by atoms with Crippen LogP contribution < -0.4 is 22.9 Å². The quantitative estimate of drug-likeness (QED) is 0.449. The van der Waals surface area contributed by atoms with Crippen LogP contribution in [-0.2, 0) is 0 Å². The van der Waals surface area contributed by atoms with Crippen molar-refractivity contribution >= 4 is 0 Å². The van der Waals surface area contributed by atoms with Crippen LogP contribution in [0.4, 0.5) is 0 Å². The normalized spacial score (nSPS) is 12.0. The summed E-state index contributed by atoms with van der Waals surface area (Å²) in [5.74, 6) is 0. The van der Waals surface area contributed by atoms with Gasteiger partial charge < -0.3 is 22.9 Å². The summed E-state index contributed by atoms with van der Waals surface area (Å²) >= 11 is 0. The highest BCUT2D eigenvalue weighted by atomic mass is 14.9. The van der Waals surface area contributed by atoms with Crippen LogP contribution in [0.3, 0.4) is 0 Å². The van der Waals surface area contributed by atoms with Crippen molar-refractivity contribution in [3.8, 4) is 0 Å². The molecule has 0 aromatic carbocycles. The van der Waals surface area contributed by atoms with Gasteiger partial charge in [-0.2, -0.15) is 0 Å². The molecule has 0 atom stereocenters. The molecular formula is C8H24N4. The van der Waals surface area contributed by atoms with Gasteiger partial charge in [0.05, 0.1) is 0 Å². The number of nitrogens with two attached hydrogens (primary N) is 4. The van der Waals surface area contributed by atoms with Crippen LogP contribution in [-0.4, -0.2) is 24.2 Å². The van der Waals surface area contributed by atoms with E-state index in [0.29, 0.717) is 13.1 Å². The molecule has 76 valence electrons. The lowest BCUT2D eigenvalue weighted by Crippen LogP contribution is -2.58. The van der Waals surface area contributed by atoms with E-state index < -0.39 is 0 Å². The van der Waals surface area contributed by atoms with Gasteiger partial charge in [-0.05, 0) is 27.7 Å². The Balaban J connectivity index is 0. The topological polar surface area (TPSA) is 104 Å². The Morgan fingerprint density at radius 2 is 0.917 bits per heavy atom. The van der Waals surface area contributed by atoms with E-state index in [9.17, 15) is 0 Å². The van der Waals surface area contributed by atoms with E-state index >= 15 is 0 Å². The van der Waals surface area contributed by atoms with Gasteiger partial charge in [0, 0.05) is 24.2 Å². The summed E-state index contributed by atoms with van der Waals surface area (Å²) < 4.78 is 0. The van der Waals surface area contributed by atoms with E-state index in [0.717, 1.165) is 0 Å². The van der Waals surface area contributed by atoms with Gasteiger partial charge in [-0.15, -0.1) is 0 Å². The monoisotopic (exact) mass is 176 g/mol. The van der Waals surface area contributed by atoms with Crippen LogP contribution >= 0.6 is 0 Å². The highest BCUT2D eigenvalue weighted by molar-refractivity contribution is 4.93. The molecule has 0 rings (SSSR count). The zero-order valence-corrected chi connectivity index (χ0v) is 8.72. The predicted molar refractivity (Wildman–Crippen MR) is 54.6 cm³/mol. The lowest BCUT2D eigenvalue weighted by Gasteiger charge is -2.34. The average Bonchev–Trinajstić information content (AvgIpc) is 1.84. The Labute approximate surface area is 75.7 Å². The molecule has 0 aliphatic heterocycles. The SMILES string of the molecule is CC(C)(N)C(C)(C)N.NCCN. The minimum atomic E-state index is -0.285. The van der Waals surface area contributed by atoms with E-state index in [4.69, 9.17) is 22.9 Å². The first-order chi connectivity index (χ1) is 5.16. The van der Waals surface area contributed by atoms with Crippen molar-refractivity contribution in [1.29, 1.82) is 0 Å². The molecule has 0 fully saturated rings. The van der Waals surface area contributed by atoms with Gasteiger partial charge in [0.2, 0.25) is 0 Å². The maximum absolute atomic E-state index is 5.69. The van der Waals surface area contributed by atoms with E-state index in [1.54, 1.807) is 0 Å². The van der Waals surface area contributed by atoms with Crippen molar-refractivity contribution in [2.45, 2.75) is 38.8 Å². The first-order valence-electron chi connectivity index (χ1n) is 4.14. The van der Waals surface area contributed by atoms with Crippen LogP contribution in [0.2, 0.25) is 0 Å². The summed E-state index contributed by atoms with van der Waals surface area (Å²) in [4.78, 5) is 0. The molecule has 0 saturated carbocycles. The molecule has 12 heavy (non-hydrogen) atoms. The summed E-state index contributed by atoms with van der Waals surface area (Å²) in [7, 11) is 0. The summed E-state index contributed by atoms with van der Waals surface area (Å²) in [6.07, 6.45) is 0. The average molecular weight is 176 g/mol. The van der Waals surface area contributed by atoms with Gasteiger partial charge in [-0.1, -0.05) is 0 Å². The first kappa shape index (κ1) is 14.4. The smallest absolute Gasteiger partial charge is 0.0274 e. The maximum Gasteiger partial charge on any atom is 0.0274 e. The fourth-order valence-corrected chi connectivity index (χ4v) is 0. The molecule has 0 aromatic heterocycles. The molecule has 0 aromatic rings. The van der Waals surface area contributed by atoms with Crippen LogP contribution in [0, 0.1) is 0 Å². The molecule has 0 aliphatic rings. The predicted octanol–water partition coefficient (Wildman–Crippen LogP) is -0.635. The van der Waals surface area contributed by atoms with Crippen LogP contribution in [0.5, 0.6) is 0 Å². The molecule has 0 saturated heterocycles. The van der Waals surface area contributed by atoms with E-state index in [2.05, 4.69) is 0 Å². The van der Waals surface area contributed by atoms with Gasteiger partial charge >= 0.3 is 0 Å². The molecule has 4 heteroatoms. The molecule has 0 amide bonds. The zero-order valence-electron chi connectivity index (χ0n) is 8.72. The Morgan fingerprint density at radius 3 is 0.917 bits per heavy atom.